The molecule has 1 heterocycles. The molecule has 0 atom stereocenters. The molecule has 0 aliphatic carbocycles. The molecule has 2 rings (SSSR count). The lowest BCUT2D eigenvalue weighted by atomic mass is 10.2. The molecule has 0 amide bonds. The number of nitrogens with zero attached hydrogens (tertiary/aromatic N) is 1. The van der Waals surface area contributed by atoms with E-state index in [0.29, 0.717) is 4.47 Å². The number of hydrogen-bond acceptors (Lipinski definition) is 4. The van der Waals surface area contributed by atoms with E-state index in [9.17, 15) is 12.8 Å². The number of halogens is 2. The summed E-state index contributed by atoms with van der Waals surface area (Å²) in [7, 11) is -3.88. The third kappa shape index (κ3) is 3.74. The van der Waals surface area contributed by atoms with Crippen molar-refractivity contribution in [2.75, 3.05) is 4.72 Å². The minimum Gasteiger partial charge on any atom is -0.389 e. The summed E-state index contributed by atoms with van der Waals surface area (Å²) in [5, 5.41) is 0. The molecule has 21 heavy (non-hydrogen) atoms. The van der Waals surface area contributed by atoms with Gasteiger partial charge in [0.2, 0.25) is 0 Å². The van der Waals surface area contributed by atoms with Crippen molar-refractivity contribution in [1.29, 1.82) is 0 Å². The van der Waals surface area contributed by atoms with Gasteiger partial charge in [0.15, 0.2) is 0 Å². The highest BCUT2D eigenvalue weighted by Crippen LogP contribution is 2.22. The number of rotatable bonds is 4. The molecule has 2 aromatic rings. The van der Waals surface area contributed by atoms with E-state index in [4.69, 9.17) is 18.0 Å². The number of nitrogens with one attached hydrogen (secondary N) is 1. The first kappa shape index (κ1) is 15.8. The van der Waals surface area contributed by atoms with Crippen LogP contribution in [0.25, 0.3) is 0 Å². The summed E-state index contributed by atoms with van der Waals surface area (Å²) in [5.74, 6) is -0.565. The van der Waals surface area contributed by atoms with Gasteiger partial charge in [0, 0.05) is 22.4 Å². The van der Waals surface area contributed by atoms with Crippen molar-refractivity contribution < 1.29 is 12.8 Å². The van der Waals surface area contributed by atoms with Crippen molar-refractivity contribution >= 4 is 48.8 Å². The van der Waals surface area contributed by atoms with E-state index in [-0.39, 0.29) is 21.1 Å². The highest BCUT2D eigenvalue weighted by Gasteiger charge is 2.18. The lowest BCUT2D eigenvalue weighted by molar-refractivity contribution is 0.600. The van der Waals surface area contributed by atoms with Crippen LogP contribution in [0.3, 0.4) is 0 Å². The van der Waals surface area contributed by atoms with Crippen molar-refractivity contribution in [3.05, 3.63) is 52.5 Å². The van der Waals surface area contributed by atoms with Gasteiger partial charge >= 0.3 is 0 Å². The summed E-state index contributed by atoms with van der Waals surface area (Å²) in [5.41, 5.74) is 5.68. The number of thiocarbonyl (C=S) groups is 1. The highest BCUT2D eigenvalue weighted by molar-refractivity contribution is 9.10. The zero-order chi connectivity index (χ0) is 15.6. The average Bonchev–Trinajstić information content (AvgIpc) is 2.40. The Morgan fingerprint density at radius 3 is 2.67 bits per heavy atom. The molecule has 1 aromatic carbocycles. The van der Waals surface area contributed by atoms with E-state index in [1.807, 2.05) is 0 Å². The van der Waals surface area contributed by atoms with Gasteiger partial charge in [-0.25, -0.2) is 12.8 Å². The number of hydrogen-bond donors (Lipinski definition) is 2. The molecule has 0 aliphatic heterocycles. The monoisotopic (exact) mass is 389 g/mol. The summed E-state index contributed by atoms with van der Waals surface area (Å²) < 4.78 is 40.6. The molecule has 0 bridgehead atoms. The SMILES string of the molecule is NC(=S)c1cc(F)ccc1NS(=O)(=O)c1cncc(Br)c1. The first-order valence-corrected chi connectivity index (χ1v) is 8.21. The van der Waals surface area contributed by atoms with Gasteiger partial charge in [-0.2, -0.15) is 0 Å². The fourth-order valence-corrected chi connectivity index (χ4v) is 3.30. The van der Waals surface area contributed by atoms with Gasteiger partial charge in [0.05, 0.1) is 5.69 Å². The summed E-state index contributed by atoms with van der Waals surface area (Å²) in [6.07, 6.45) is 2.65. The topological polar surface area (TPSA) is 85.1 Å². The second kappa shape index (κ2) is 6.04. The maximum absolute atomic E-state index is 13.2. The zero-order valence-corrected chi connectivity index (χ0v) is 13.6. The molecule has 9 heteroatoms. The van der Waals surface area contributed by atoms with Gasteiger partial charge in [0.1, 0.15) is 15.7 Å². The van der Waals surface area contributed by atoms with Crippen LogP contribution in [0.15, 0.2) is 46.0 Å². The number of nitrogens with two attached hydrogens (primary N) is 1. The molecule has 0 saturated carbocycles. The highest BCUT2D eigenvalue weighted by atomic mass is 79.9. The number of aromatic nitrogens is 1. The molecule has 0 unspecified atom stereocenters. The van der Waals surface area contributed by atoms with Crippen molar-refractivity contribution in [3.63, 3.8) is 0 Å². The van der Waals surface area contributed by atoms with Gasteiger partial charge in [-0.05, 0) is 40.2 Å². The Balaban J connectivity index is 2.44. The number of benzene rings is 1. The van der Waals surface area contributed by atoms with Crippen molar-refractivity contribution in [2.24, 2.45) is 5.73 Å². The Kier molecular flexibility index (Phi) is 4.55. The second-order valence-corrected chi connectivity index (χ2v) is 7.04. The van der Waals surface area contributed by atoms with E-state index in [2.05, 4.69) is 25.6 Å². The minimum atomic E-state index is -3.88. The Labute approximate surface area is 134 Å². The predicted octanol–water partition coefficient (Wildman–Crippen LogP) is 2.42. The summed E-state index contributed by atoms with van der Waals surface area (Å²) >= 11 is 7.93. The zero-order valence-electron chi connectivity index (χ0n) is 10.4. The van der Waals surface area contributed by atoms with Gasteiger partial charge < -0.3 is 5.73 Å². The van der Waals surface area contributed by atoms with Crippen LogP contribution in [0.1, 0.15) is 5.56 Å². The second-order valence-electron chi connectivity index (χ2n) is 4.00. The smallest absolute Gasteiger partial charge is 0.263 e. The summed E-state index contributed by atoms with van der Waals surface area (Å²) in [4.78, 5) is 3.63. The summed E-state index contributed by atoms with van der Waals surface area (Å²) in [6.45, 7) is 0. The van der Waals surface area contributed by atoms with E-state index in [1.165, 1.54) is 24.5 Å². The maximum atomic E-state index is 13.2. The van der Waals surface area contributed by atoms with E-state index in [0.717, 1.165) is 12.1 Å². The molecule has 0 saturated heterocycles. The molecule has 3 N–H and O–H groups in total. The van der Waals surface area contributed by atoms with Crippen molar-refractivity contribution in [2.45, 2.75) is 4.90 Å². The van der Waals surface area contributed by atoms with Crippen LogP contribution in [0.2, 0.25) is 0 Å². The number of anilines is 1. The lowest BCUT2D eigenvalue weighted by Gasteiger charge is -2.12. The van der Waals surface area contributed by atoms with Crippen LogP contribution in [0, 0.1) is 5.82 Å². The van der Waals surface area contributed by atoms with E-state index in [1.54, 1.807) is 0 Å². The van der Waals surface area contributed by atoms with Crippen molar-refractivity contribution in [3.8, 4) is 0 Å². The third-order valence-electron chi connectivity index (χ3n) is 2.48. The standard InChI is InChI=1S/C12H9BrFN3O2S2/c13-7-3-9(6-16-5-7)21(18,19)17-11-2-1-8(14)4-10(11)12(15)20/h1-6,17H,(H2,15,20). The molecule has 1 aromatic heterocycles. The minimum absolute atomic E-state index is 0.0462. The normalized spacial score (nSPS) is 11.1. The first-order chi connectivity index (χ1) is 9.79. The number of sulfonamides is 1. The van der Waals surface area contributed by atoms with Crippen LogP contribution in [-0.2, 0) is 10.0 Å². The Hall–Kier alpha value is -1.58. The van der Waals surface area contributed by atoms with Crippen molar-refractivity contribution in [1.82, 2.24) is 4.98 Å². The van der Waals surface area contributed by atoms with Crippen LogP contribution in [0.5, 0.6) is 0 Å². The molecular formula is C12H9BrFN3O2S2. The predicted molar refractivity (Wildman–Crippen MR) is 85.0 cm³/mol. The van der Waals surface area contributed by atoms with Crippen LogP contribution in [-0.4, -0.2) is 18.4 Å². The van der Waals surface area contributed by atoms with Gasteiger partial charge in [0.25, 0.3) is 10.0 Å². The largest absolute Gasteiger partial charge is 0.389 e. The summed E-state index contributed by atoms with van der Waals surface area (Å²) in [6, 6.07) is 4.82. The maximum Gasteiger partial charge on any atom is 0.263 e. The Morgan fingerprint density at radius 1 is 1.33 bits per heavy atom. The number of pyridine rings is 1. The Morgan fingerprint density at radius 2 is 2.05 bits per heavy atom. The molecule has 0 spiro atoms. The molecular weight excluding hydrogens is 381 g/mol. The molecule has 110 valence electrons. The molecule has 0 fully saturated rings. The fraction of sp³-hybridized carbons (Fsp3) is 0. The molecule has 0 radical (unpaired) electrons. The quantitative estimate of drug-likeness (QED) is 0.784. The molecule has 0 aliphatic rings. The van der Waals surface area contributed by atoms with Crippen LogP contribution < -0.4 is 10.5 Å². The van der Waals surface area contributed by atoms with Gasteiger partial charge in [-0.1, -0.05) is 12.2 Å². The molecule has 5 nitrogen and oxygen atoms in total. The lowest BCUT2D eigenvalue weighted by Crippen LogP contribution is -2.18. The third-order valence-corrected chi connectivity index (χ3v) is 4.47. The average molecular weight is 390 g/mol. The first-order valence-electron chi connectivity index (χ1n) is 5.52. The van der Waals surface area contributed by atoms with Gasteiger partial charge in [-0.3, -0.25) is 9.71 Å². The van der Waals surface area contributed by atoms with E-state index < -0.39 is 15.8 Å². The van der Waals surface area contributed by atoms with E-state index >= 15 is 0 Å². The van der Waals surface area contributed by atoms with Crippen LogP contribution in [0.4, 0.5) is 10.1 Å². The van der Waals surface area contributed by atoms with Crippen LogP contribution >= 0.6 is 28.1 Å². The fourth-order valence-electron chi connectivity index (χ4n) is 1.55. The Bertz CT molecular complexity index is 812. The van der Waals surface area contributed by atoms with Gasteiger partial charge in [-0.15, -0.1) is 0 Å².